The van der Waals surface area contributed by atoms with Crippen molar-refractivity contribution in [2.75, 3.05) is 31.5 Å². The van der Waals surface area contributed by atoms with Crippen LogP contribution >= 0.6 is 0 Å². The fourth-order valence-corrected chi connectivity index (χ4v) is 2.49. The molecule has 0 spiro atoms. The number of rotatable bonds is 8. The van der Waals surface area contributed by atoms with E-state index in [4.69, 9.17) is 0 Å². The summed E-state index contributed by atoms with van der Waals surface area (Å²) in [6.07, 6.45) is 5.62. The van der Waals surface area contributed by atoms with Crippen LogP contribution in [-0.4, -0.2) is 37.1 Å². The van der Waals surface area contributed by atoms with Crippen molar-refractivity contribution in [3.05, 3.63) is 23.9 Å². The van der Waals surface area contributed by atoms with E-state index in [1.807, 2.05) is 25.3 Å². The standard InChI is InChI=1S/C16H26N4O/c1-13-3-5-15(20-11-13)18-8-2-9-19-16(21)6-4-14-7-10-17-12-14/h3,5,11,14,17H,2,4,6-10,12H2,1H3,(H,18,20)(H,19,21). The molecule has 1 amide bonds. The van der Waals surface area contributed by atoms with Crippen molar-refractivity contribution in [3.63, 3.8) is 0 Å². The smallest absolute Gasteiger partial charge is 0.220 e. The highest BCUT2D eigenvalue weighted by molar-refractivity contribution is 5.75. The van der Waals surface area contributed by atoms with E-state index in [2.05, 4.69) is 20.9 Å². The lowest BCUT2D eigenvalue weighted by atomic mass is 10.0. The monoisotopic (exact) mass is 290 g/mol. The Morgan fingerprint density at radius 2 is 2.33 bits per heavy atom. The number of hydrogen-bond donors (Lipinski definition) is 3. The number of amides is 1. The van der Waals surface area contributed by atoms with Crippen LogP contribution in [0.5, 0.6) is 0 Å². The third-order valence-corrected chi connectivity index (χ3v) is 3.84. The molecule has 1 aliphatic rings. The molecule has 0 bridgehead atoms. The van der Waals surface area contributed by atoms with Crippen LogP contribution in [0.25, 0.3) is 0 Å². The van der Waals surface area contributed by atoms with Gasteiger partial charge in [0.1, 0.15) is 5.82 Å². The molecule has 1 atom stereocenters. The van der Waals surface area contributed by atoms with Gasteiger partial charge < -0.3 is 16.0 Å². The van der Waals surface area contributed by atoms with Crippen molar-refractivity contribution < 1.29 is 4.79 Å². The van der Waals surface area contributed by atoms with Crippen LogP contribution in [0.4, 0.5) is 5.82 Å². The van der Waals surface area contributed by atoms with Gasteiger partial charge in [-0.3, -0.25) is 4.79 Å². The van der Waals surface area contributed by atoms with Crippen LogP contribution in [0.1, 0.15) is 31.2 Å². The first-order chi connectivity index (χ1) is 10.2. The van der Waals surface area contributed by atoms with Crippen molar-refractivity contribution in [2.24, 2.45) is 5.92 Å². The lowest BCUT2D eigenvalue weighted by Crippen LogP contribution is -2.26. The van der Waals surface area contributed by atoms with Gasteiger partial charge in [-0.15, -0.1) is 0 Å². The van der Waals surface area contributed by atoms with Crippen molar-refractivity contribution in [2.45, 2.75) is 32.6 Å². The van der Waals surface area contributed by atoms with Crippen LogP contribution in [0.3, 0.4) is 0 Å². The second-order valence-corrected chi connectivity index (χ2v) is 5.75. The SMILES string of the molecule is Cc1ccc(NCCCNC(=O)CCC2CCNC2)nc1. The quantitative estimate of drug-likeness (QED) is 0.638. The largest absolute Gasteiger partial charge is 0.370 e. The summed E-state index contributed by atoms with van der Waals surface area (Å²) >= 11 is 0. The average molecular weight is 290 g/mol. The Hall–Kier alpha value is -1.62. The Labute approximate surface area is 126 Å². The van der Waals surface area contributed by atoms with Crippen molar-refractivity contribution >= 4 is 11.7 Å². The normalized spacial score (nSPS) is 17.7. The maximum atomic E-state index is 11.7. The van der Waals surface area contributed by atoms with E-state index in [-0.39, 0.29) is 5.91 Å². The third-order valence-electron chi connectivity index (χ3n) is 3.84. The van der Waals surface area contributed by atoms with Crippen LogP contribution in [0, 0.1) is 12.8 Å². The molecule has 1 unspecified atom stereocenters. The van der Waals surface area contributed by atoms with Gasteiger partial charge in [0.25, 0.3) is 0 Å². The summed E-state index contributed by atoms with van der Waals surface area (Å²) < 4.78 is 0. The molecular formula is C16H26N4O. The van der Waals surface area contributed by atoms with E-state index in [1.54, 1.807) is 0 Å². The lowest BCUT2D eigenvalue weighted by molar-refractivity contribution is -0.121. The maximum Gasteiger partial charge on any atom is 0.220 e. The Morgan fingerprint density at radius 1 is 1.43 bits per heavy atom. The van der Waals surface area contributed by atoms with E-state index in [1.165, 1.54) is 6.42 Å². The van der Waals surface area contributed by atoms with E-state index in [0.717, 1.165) is 50.4 Å². The highest BCUT2D eigenvalue weighted by Crippen LogP contribution is 2.13. The van der Waals surface area contributed by atoms with Crippen molar-refractivity contribution in [1.82, 2.24) is 15.6 Å². The Kier molecular flexibility index (Phi) is 6.47. The molecule has 0 aliphatic carbocycles. The molecule has 0 aromatic carbocycles. The fourth-order valence-electron chi connectivity index (χ4n) is 2.49. The molecule has 5 heteroatoms. The summed E-state index contributed by atoms with van der Waals surface area (Å²) in [4.78, 5) is 16.0. The molecule has 1 aromatic heterocycles. The molecule has 0 radical (unpaired) electrons. The number of carbonyl (C=O) groups excluding carboxylic acids is 1. The zero-order valence-electron chi connectivity index (χ0n) is 12.8. The fraction of sp³-hybridized carbons (Fsp3) is 0.625. The zero-order valence-corrected chi connectivity index (χ0v) is 12.8. The van der Waals surface area contributed by atoms with Crippen LogP contribution in [0.2, 0.25) is 0 Å². The average Bonchev–Trinajstić information content (AvgIpc) is 3.00. The van der Waals surface area contributed by atoms with Gasteiger partial charge in [-0.1, -0.05) is 6.07 Å². The predicted octanol–water partition coefficient (Wildman–Crippen LogP) is 1.70. The summed E-state index contributed by atoms with van der Waals surface area (Å²) in [5.41, 5.74) is 1.16. The molecule has 1 saturated heterocycles. The molecule has 1 aromatic rings. The maximum absolute atomic E-state index is 11.7. The minimum absolute atomic E-state index is 0.176. The number of aromatic nitrogens is 1. The highest BCUT2D eigenvalue weighted by Gasteiger charge is 2.15. The second kappa shape index (κ2) is 8.62. The molecule has 21 heavy (non-hydrogen) atoms. The van der Waals surface area contributed by atoms with Crippen LogP contribution in [-0.2, 0) is 4.79 Å². The van der Waals surface area contributed by atoms with Crippen LogP contribution < -0.4 is 16.0 Å². The minimum Gasteiger partial charge on any atom is -0.370 e. The van der Waals surface area contributed by atoms with Gasteiger partial charge in [-0.25, -0.2) is 4.98 Å². The first kappa shape index (κ1) is 15.8. The first-order valence-electron chi connectivity index (χ1n) is 7.88. The number of anilines is 1. The van der Waals surface area contributed by atoms with Gasteiger partial charge in [0, 0.05) is 25.7 Å². The highest BCUT2D eigenvalue weighted by atomic mass is 16.1. The van der Waals surface area contributed by atoms with Gasteiger partial charge in [-0.2, -0.15) is 0 Å². The molecule has 1 fully saturated rings. The number of carbonyl (C=O) groups is 1. The summed E-state index contributed by atoms with van der Waals surface area (Å²) in [5, 5.41) is 9.56. The van der Waals surface area contributed by atoms with E-state index >= 15 is 0 Å². The number of nitrogens with zero attached hydrogens (tertiary/aromatic N) is 1. The Morgan fingerprint density at radius 3 is 3.05 bits per heavy atom. The summed E-state index contributed by atoms with van der Waals surface area (Å²) in [6, 6.07) is 4.01. The van der Waals surface area contributed by atoms with Crippen LogP contribution in [0.15, 0.2) is 18.3 Å². The molecule has 1 aliphatic heterocycles. The van der Waals surface area contributed by atoms with Crippen molar-refractivity contribution in [3.8, 4) is 0 Å². The van der Waals surface area contributed by atoms with Gasteiger partial charge in [0.05, 0.1) is 0 Å². The number of hydrogen-bond acceptors (Lipinski definition) is 4. The third kappa shape index (κ3) is 6.12. The van der Waals surface area contributed by atoms with E-state index in [0.29, 0.717) is 12.3 Å². The van der Waals surface area contributed by atoms with Gasteiger partial charge in [0.15, 0.2) is 0 Å². The predicted molar refractivity (Wildman–Crippen MR) is 85.3 cm³/mol. The zero-order chi connectivity index (χ0) is 14.9. The second-order valence-electron chi connectivity index (χ2n) is 5.75. The molecule has 0 saturated carbocycles. The molecule has 2 heterocycles. The summed E-state index contributed by atoms with van der Waals surface area (Å²) in [5.74, 6) is 1.75. The Balaban J connectivity index is 1.48. The van der Waals surface area contributed by atoms with Gasteiger partial charge in [0.2, 0.25) is 5.91 Å². The van der Waals surface area contributed by atoms with E-state index < -0.39 is 0 Å². The number of pyridine rings is 1. The van der Waals surface area contributed by atoms with Gasteiger partial charge >= 0.3 is 0 Å². The first-order valence-corrected chi connectivity index (χ1v) is 7.88. The molecule has 3 N–H and O–H groups in total. The Bertz CT molecular complexity index is 426. The summed E-state index contributed by atoms with van der Waals surface area (Å²) in [6.45, 7) is 5.74. The molecule has 116 valence electrons. The number of aryl methyl sites for hydroxylation is 1. The molecule has 2 rings (SSSR count). The van der Waals surface area contributed by atoms with E-state index in [9.17, 15) is 4.79 Å². The molecular weight excluding hydrogens is 264 g/mol. The van der Waals surface area contributed by atoms with Gasteiger partial charge in [-0.05, 0) is 56.8 Å². The molecule has 5 nitrogen and oxygen atoms in total. The number of nitrogens with one attached hydrogen (secondary N) is 3. The topological polar surface area (TPSA) is 66.0 Å². The van der Waals surface area contributed by atoms with Crippen molar-refractivity contribution in [1.29, 1.82) is 0 Å². The minimum atomic E-state index is 0.176. The lowest BCUT2D eigenvalue weighted by Gasteiger charge is -2.09. The summed E-state index contributed by atoms with van der Waals surface area (Å²) in [7, 11) is 0.